The van der Waals surface area contributed by atoms with Gasteiger partial charge in [0.05, 0.1) is 11.9 Å². The van der Waals surface area contributed by atoms with Crippen molar-refractivity contribution in [1.29, 1.82) is 5.41 Å². The van der Waals surface area contributed by atoms with Crippen molar-refractivity contribution in [1.82, 2.24) is 29.6 Å². The van der Waals surface area contributed by atoms with Crippen LogP contribution in [0, 0.1) is 11.2 Å². The number of hydrogen-bond acceptors (Lipinski definition) is 5. The second-order valence-electron chi connectivity index (χ2n) is 8.46. The Morgan fingerprint density at radius 2 is 1.80 bits per heavy atom. The number of piperazine rings is 1. The molecule has 0 amide bonds. The van der Waals surface area contributed by atoms with Crippen molar-refractivity contribution in [2.24, 2.45) is 12.0 Å². The quantitative estimate of drug-likeness (QED) is 0.332. The summed E-state index contributed by atoms with van der Waals surface area (Å²) >= 11 is 0. The minimum atomic E-state index is -0.237. The average Bonchev–Trinajstić information content (AvgIpc) is 3.54. The molecule has 0 bridgehead atoms. The molecule has 3 aromatic heterocycles. The molecular weight excluding hydrogens is 445 g/mol. The molecule has 0 saturated carbocycles. The Labute approximate surface area is 202 Å². The van der Waals surface area contributed by atoms with E-state index in [1.165, 1.54) is 12.1 Å². The normalized spacial score (nSPS) is 14.4. The first-order valence-corrected chi connectivity index (χ1v) is 11.4. The molecule has 4 heterocycles. The number of amidine groups is 1. The van der Waals surface area contributed by atoms with E-state index in [-0.39, 0.29) is 5.82 Å². The number of halogens is 1. The van der Waals surface area contributed by atoms with Crippen molar-refractivity contribution in [3.63, 3.8) is 0 Å². The fourth-order valence-electron chi connectivity index (χ4n) is 4.20. The molecule has 0 spiro atoms. The van der Waals surface area contributed by atoms with Gasteiger partial charge in [-0.25, -0.2) is 19.4 Å². The minimum absolute atomic E-state index is 0.237. The average molecular weight is 472 g/mol. The van der Waals surface area contributed by atoms with Gasteiger partial charge in [-0.2, -0.15) is 5.10 Å². The zero-order valence-electron chi connectivity index (χ0n) is 19.4. The maximum atomic E-state index is 13.1. The minimum Gasteiger partial charge on any atom is -0.358 e. The van der Waals surface area contributed by atoms with Crippen LogP contribution < -0.4 is 4.90 Å². The largest absolute Gasteiger partial charge is 0.358 e. The van der Waals surface area contributed by atoms with Gasteiger partial charge in [-0.3, -0.25) is 10.1 Å². The Morgan fingerprint density at radius 1 is 1.06 bits per heavy atom. The highest BCUT2D eigenvalue weighted by Crippen LogP contribution is 2.21. The Hall–Kier alpha value is -4.34. The van der Waals surface area contributed by atoms with E-state index in [1.54, 1.807) is 16.8 Å². The molecule has 4 aromatic rings. The number of nitrogens with zero attached hydrogens (tertiary/aromatic N) is 7. The van der Waals surface area contributed by atoms with E-state index >= 15 is 0 Å². The van der Waals surface area contributed by atoms with Crippen molar-refractivity contribution in [2.45, 2.75) is 6.42 Å². The lowest BCUT2D eigenvalue weighted by molar-refractivity contribution is 0.383. The van der Waals surface area contributed by atoms with Crippen molar-refractivity contribution in [3.05, 3.63) is 84.0 Å². The number of H-pyrrole nitrogens is 1. The summed E-state index contributed by atoms with van der Waals surface area (Å²) < 4.78 is 14.9. The highest BCUT2D eigenvalue weighted by Gasteiger charge is 2.23. The third kappa shape index (κ3) is 5.11. The number of aromatic nitrogens is 5. The number of aryl methyl sites for hydroxylation is 1. The molecule has 0 radical (unpaired) electrons. The first-order chi connectivity index (χ1) is 17.1. The smallest absolute Gasteiger partial charge is 0.225 e. The third-order valence-electron chi connectivity index (χ3n) is 6.02. The van der Waals surface area contributed by atoms with Gasteiger partial charge in [-0.05, 0) is 29.3 Å². The number of hydrogen-bond donors (Lipinski definition) is 2. The Bertz CT molecular complexity index is 1310. The van der Waals surface area contributed by atoms with Crippen LogP contribution in [0.5, 0.6) is 0 Å². The maximum absolute atomic E-state index is 13.1. The van der Waals surface area contributed by atoms with Gasteiger partial charge in [0.2, 0.25) is 5.95 Å². The van der Waals surface area contributed by atoms with Crippen molar-refractivity contribution >= 4 is 18.1 Å². The molecule has 5 rings (SSSR count). The van der Waals surface area contributed by atoms with Crippen LogP contribution in [0.15, 0.2) is 66.3 Å². The fourth-order valence-corrected chi connectivity index (χ4v) is 4.20. The van der Waals surface area contributed by atoms with E-state index in [4.69, 9.17) is 5.41 Å². The van der Waals surface area contributed by atoms with Gasteiger partial charge in [0.25, 0.3) is 0 Å². The van der Waals surface area contributed by atoms with Crippen LogP contribution in [0.2, 0.25) is 0 Å². The second-order valence-corrected chi connectivity index (χ2v) is 8.46. The number of rotatable bonds is 6. The lowest BCUT2D eigenvalue weighted by atomic mass is 10.1. The van der Waals surface area contributed by atoms with Gasteiger partial charge in [0.1, 0.15) is 12.2 Å². The summed E-state index contributed by atoms with van der Waals surface area (Å²) in [5.74, 6) is 1.20. The van der Waals surface area contributed by atoms with Crippen molar-refractivity contribution in [3.8, 4) is 11.1 Å². The second kappa shape index (κ2) is 9.88. The van der Waals surface area contributed by atoms with Crippen LogP contribution in [-0.2, 0) is 13.5 Å². The van der Waals surface area contributed by atoms with E-state index in [0.29, 0.717) is 12.4 Å². The lowest BCUT2D eigenvalue weighted by Gasteiger charge is -2.36. The molecule has 9 nitrogen and oxygen atoms in total. The van der Waals surface area contributed by atoms with E-state index in [1.807, 2.05) is 44.1 Å². The summed E-state index contributed by atoms with van der Waals surface area (Å²) in [4.78, 5) is 21.1. The van der Waals surface area contributed by atoms with Gasteiger partial charge in [-0.1, -0.05) is 12.1 Å². The van der Waals surface area contributed by atoms with Gasteiger partial charge in [-0.15, -0.1) is 0 Å². The van der Waals surface area contributed by atoms with Crippen molar-refractivity contribution in [2.75, 3.05) is 31.1 Å². The molecule has 1 fully saturated rings. The highest BCUT2D eigenvalue weighted by molar-refractivity contribution is 6.01. The molecule has 1 aromatic carbocycles. The Morgan fingerprint density at radius 3 is 2.46 bits per heavy atom. The van der Waals surface area contributed by atoms with Gasteiger partial charge in [0.15, 0.2) is 5.84 Å². The first kappa shape index (κ1) is 22.5. The van der Waals surface area contributed by atoms with Crippen LogP contribution >= 0.6 is 0 Å². The number of nitrogens with one attached hydrogen (secondary N) is 2. The Kier molecular flexibility index (Phi) is 6.34. The molecule has 0 unspecified atom stereocenters. The predicted molar refractivity (Wildman–Crippen MR) is 133 cm³/mol. The van der Waals surface area contributed by atoms with Gasteiger partial charge < -0.3 is 14.8 Å². The van der Waals surface area contributed by atoms with Crippen LogP contribution in [0.4, 0.5) is 10.3 Å². The monoisotopic (exact) mass is 471 g/mol. The lowest BCUT2D eigenvalue weighted by Crippen LogP contribution is -2.49. The van der Waals surface area contributed by atoms with E-state index in [2.05, 4.69) is 34.8 Å². The molecule has 1 aliphatic rings. The molecule has 178 valence electrons. The number of benzene rings is 1. The first-order valence-electron chi connectivity index (χ1n) is 11.4. The van der Waals surface area contributed by atoms with Crippen molar-refractivity contribution < 1.29 is 4.39 Å². The van der Waals surface area contributed by atoms with E-state index in [9.17, 15) is 4.39 Å². The topological polar surface area (TPSA) is 102 Å². The summed E-state index contributed by atoms with van der Waals surface area (Å²) in [5, 5.41) is 11.8. The van der Waals surface area contributed by atoms with Crippen LogP contribution in [-0.4, -0.2) is 68.0 Å². The molecular formula is C25H26FN9. The zero-order chi connectivity index (χ0) is 24.2. The maximum Gasteiger partial charge on any atom is 0.225 e. The van der Waals surface area contributed by atoms with E-state index in [0.717, 1.165) is 66.3 Å². The molecule has 0 atom stereocenters. The summed E-state index contributed by atoms with van der Waals surface area (Å²) in [6.45, 7) is 2.94. The highest BCUT2D eigenvalue weighted by atomic mass is 19.1. The SMILES string of the molecule is Cn1cc(-c2c[nH]c(/C(=N\C=N)N3CCN(c4ncc(Cc5ccc(F)cc5)cn4)CC3)c2)cn1. The molecule has 1 saturated heterocycles. The molecule has 2 N–H and O–H groups in total. The van der Waals surface area contributed by atoms with E-state index < -0.39 is 0 Å². The number of anilines is 1. The fraction of sp³-hybridized carbons (Fsp3) is 0.240. The summed E-state index contributed by atoms with van der Waals surface area (Å²) in [6.07, 6.45) is 11.1. The van der Waals surface area contributed by atoms with Crippen LogP contribution in [0.25, 0.3) is 11.1 Å². The summed E-state index contributed by atoms with van der Waals surface area (Å²) in [7, 11) is 1.89. The zero-order valence-corrected chi connectivity index (χ0v) is 19.4. The molecule has 1 aliphatic heterocycles. The van der Waals surface area contributed by atoms with Crippen LogP contribution in [0.3, 0.4) is 0 Å². The van der Waals surface area contributed by atoms with Gasteiger partial charge in [0, 0.05) is 75.6 Å². The molecule has 0 aliphatic carbocycles. The number of aliphatic imine (C=N–C) groups is 1. The van der Waals surface area contributed by atoms with Crippen LogP contribution in [0.1, 0.15) is 16.8 Å². The standard InChI is InChI=1S/C25H26FN9/c1-33-16-21(15-32-33)20-11-23(28-14-20)24(31-17-27)34-6-8-35(9-7-34)25-29-12-19(13-30-25)10-18-2-4-22(26)5-3-18/h2-5,11-17,27-28H,6-10H2,1H3/b27-17?,31-24+. The number of aromatic amines is 1. The predicted octanol–water partition coefficient (Wildman–Crippen LogP) is 3.11. The summed E-state index contributed by atoms with van der Waals surface area (Å²) in [5.41, 5.74) is 4.91. The Balaban J connectivity index is 1.22. The molecule has 10 heteroatoms. The third-order valence-corrected chi connectivity index (χ3v) is 6.02. The summed E-state index contributed by atoms with van der Waals surface area (Å²) in [6, 6.07) is 8.52. The van der Waals surface area contributed by atoms with Gasteiger partial charge >= 0.3 is 0 Å². The molecule has 35 heavy (non-hydrogen) atoms.